The van der Waals surface area contributed by atoms with E-state index in [1.54, 1.807) is 0 Å². The summed E-state index contributed by atoms with van der Waals surface area (Å²) in [5.74, 6) is 1.82. The van der Waals surface area contributed by atoms with Gasteiger partial charge in [0.15, 0.2) is 5.96 Å². The molecule has 0 aliphatic carbocycles. The van der Waals surface area contributed by atoms with Crippen molar-refractivity contribution in [3.05, 3.63) is 29.3 Å². The van der Waals surface area contributed by atoms with Crippen LogP contribution in [0.15, 0.2) is 23.2 Å². The molecule has 0 aromatic heterocycles. The van der Waals surface area contributed by atoms with Crippen LogP contribution in [0, 0.1) is 6.92 Å². The Labute approximate surface area is 212 Å². The normalized spacial score (nSPS) is 20.0. The van der Waals surface area contributed by atoms with E-state index in [1.807, 2.05) is 7.05 Å². The molecule has 2 fully saturated rings. The van der Waals surface area contributed by atoms with Crippen molar-refractivity contribution >= 4 is 29.9 Å². The molecule has 0 bridgehead atoms. The zero-order valence-corrected chi connectivity index (χ0v) is 23.1. The minimum absolute atomic E-state index is 0. The van der Waals surface area contributed by atoms with E-state index in [9.17, 15) is 0 Å². The Bertz CT molecular complexity index is 725. The van der Waals surface area contributed by atoms with Crippen LogP contribution in [-0.4, -0.2) is 74.2 Å². The highest BCUT2D eigenvalue weighted by Crippen LogP contribution is 2.31. The molecular weight excluding hydrogens is 513 g/mol. The molecular formula is C25H44IN5O. The molecule has 0 radical (unpaired) electrons. The fraction of sp³-hybridized carbons (Fsp3) is 0.720. The Hall–Kier alpha value is -1.06. The predicted molar refractivity (Wildman–Crippen MR) is 145 cm³/mol. The molecule has 0 saturated carbocycles. The Kier molecular flexibility index (Phi) is 11.0. The van der Waals surface area contributed by atoms with Crippen LogP contribution in [0.4, 0.5) is 0 Å². The van der Waals surface area contributed by atoms with Gasteiger partial charge in [0.05, 0.1) is 6.10 Å². The molecule has 2 aliphatic heterocycles. The number of rotatable bonds is 7. The van der Waals surface area contributed by atoms with E-state index < -0.39 is 0 Å². The van der Waals surface area contributed by atoms with Gasteiger partial charge in [-0.1, -0.05) is 18.6 Å². The number of benzene rings is 1. The highest BCUT2D eigenvalue weighted by molar-refractivity contribution is 14.0. The van der Waals surface area contributed by atoms with Gasteiger partial charge in [-0.2, -0.15) is 0 Å². The number of guanidine groups is 1. The molecule has 2 saturated heterocycles. The molecule has 0 spiro atoms. The SMILES string of the molecule is CN=C(NCc1ccc(C)cc1OC(C)C)NCC1(N2CCCCC2)CCN(C)CC1.I. The van der Waals surface area contributed by atoms with E-state index in [-0.39, 0.29) is 35.6 Å². The Balaban J connectivity index is 0.00000363. The van der Waals surface area contributed by atoms with Crippen LogP contribution < -0.4 is 15.4 Å². The van der Waals surface area contributed by atoms with Crippen LogP contribution in [0.1, 0.15) is 57.1 Å². The van der Waals surface area contributed by atoms with Crippen molar-refractivity contribution < 1.29 is 4.74 Å². The molecule has 2 N–H and O–H groups in total. The van der Waals surface area contributed by atoms with Crippen LogP contribution in [0.5, 0.6) is 5.75 Å². The third-order valence-electron chi connectivity index (χ3n) is 6.78. The Morgan fingerprint density at radius 3 is 2.41 bits per heavy atom. The smallest absolute Gasteiger partial charge is 0.191 e. The average Bonchev–Trinajstić information content (AvgIpc) is 2.76. The third-order valence-corrected chi connectivity index (χ3v) is 6.78. The molecule has 182 valence electrons. The lowest BCUT2D eigenvalue weighted by molar-refractivity contribution is 0.0173. The van der Waals surface area contributed by atoms with Crippen LogP contribution in [0.25, 0.3) is 0 Å². The van der Waals surface area contributed by atoms with Crippen LogP contribution in [-0.2, 0) is 6.54 Å². The lowest BCUT2D eigenvalue weighted by Crippen LogP contribution is -2.62. The number of aryl methyl sites for hydroxylation is 1. The van der Waals surface area contributed by atoms with Crippen molar-refractivity contribution in [3.8, 4) is 5.75 Å². The van der Waals surface area contributed by atoms with Gasteiger partial charge < -0.3 is 20.3 Å². The van der Waals surface area contributed by atoms with E-state index in [0.717, 1.165) is 23.8 Å². The highest BCUT2D eigenvalue weighted by Gasteiger charge is 2.39. The number of hydrogen-bond donors (Lipinski definition) is 2. The first-order chi connectivity index (χ1) is 14.9. The van der Waals surface area contributed by atoms with E-state index in [4.69, 9.17) is 4.74 Å². The van der Waals surface area contributed by atoms with Crippen molar-refractivity contribution in [2.75, 3.05) is 46.8 Å². The fourth-order valence-electron chi connectivity index (χ4n) is 4.83. The predicted octanol–water partition coefficient (Wildman–Crippen LogP) is 4.02. The van der Waals surface area contributed by atoms with Crippen molar-refractivity contribution in [3.63, 3.8) is 0 Å². The van der Waals surface area contributed by atoms with Gasteiger partial charge in [-0.3, -0.25) is 9.89 Å². The van der Waals surface area contributed by atoms with Crippen LogP contribution in [0.3, 0.4) is 0 Å². The first kappa shape index (κ1) is 27.2. The number of halogens is 1. The van der Waals surface area contributed by atoms with Crippen molar-refractivity contribution in [1.82, 2.24) is 20.4 Å². The minimum Gasteiger partial charge on any atom is -0.491 e. The Morgan fingerprint density at radius 1 is 1.09 bits per heavy atom. The van der Waals surface area contributed by atoms with Crippen LogP contribution in [0.2, 0.25) is 0 Å². The van der Waals surface area contributed by atoms with E-state index in [1.165, 1.54) is 63.8 Å². The summed E-state index contributed by atoms with van der Waals surface area (Å²) in [6, 6.07) is 6.42. The first-order valence-corrected chi connectivity index (χ1v) is 12.1. The van der Waals surface area contributed by atoms with Gasteiger partial charge in [0.2, 0.25) is 0 Å². The number of nitrogens with zero attached hydrogens (tertiary/aromatic N) is 3. The van der Waals surface area contributed by atoms with E-state index in [0.29, 0.717) is 6.54 Å². The summed E-state index contributed by atoms with van der Waals surface area (Å²) in [6.07, 6.45) is 6.63. The summed E-state index contributed by atoms with van der Waals surface area (Å²) >= 11 is 0. The quantitative estimate of drug-likeness (QED) is 0.302. The summed E-state index contributed by atoms with van der Waals surface area (Å²) in [5.41, 5.74) is 2.61. The third kappa shape index (κ3) is 7.48. The molecule has 1 aromatic rings. The molecule has 2 heterocycles. The topological polar surface area (TPSA) is 52.1 Å². The summed E-state index contributed by atoms with van der Waals surface area (Å²) in [4.78, 5) is 9.74. The number of nitrogens with one attached hydrogen (secondary N) is 2. The molecule has 1 aromatic carbocycles. The Morgan fingerprint density at radius 2 is 1.78 bits per heavy atom. The molecule has 7 heteroatoms. The van der Waals surface area contributed by atoms with Gasteiger partial charge in [-0.15, -0.1) is 24.0 Å². The summed E-state index contributed by atoms with van der Waals surface area (Å²) < 4.78 is 6.04. The first-order valence-electron chi connectivity index (χ1n) is 12.1. The van der Waals surface area contributed by atoms with E-state index in [2.05, 4.69) is 71.4 Å². The van der Waals surface area contributed by atoms with Gasteiger partial charge in [-0.05, 0) is 91.3 Å². The van der Waals surface area contributed by atoms with Crippen molar-refractivity contribution in [1.29, 1.82) is 0 Å². The van der Waals surface area contributed by atoms with E-state index >= 15 is 0 Å². The summed E-state index contributed by atoms with van der Waals surface area (Å²) in [7, 11) is 4.10. The standard InChI is InChI=1S/C25H43N5O.HI/c1-20(2)31-23-17-21(3)9-10-22(23)18-27-24(26-4)28-19-25(11-15-29(5)16-12-25)30-13-7-6-8-14-30;/h9-10,17,20H,6-8,11-16,18-19H2,1-5H3,(H2,26,27,28);1H. The molecule has 2 aliphatic rings. The second kappa shape index (κ2) is 13.0. The number of hydrogen-bond acceptors (Lipinski definition) is 4. The second-order valence-corrected chi connectivity index (χ2v) is 9.63. The van der Waals surface area contributed by atoms with Gasteiger partial charge in [-0.25, -0.2) is 0 Å². The van der Waals surface area contributed by atoms with Gasteiger partial charge in [0.1, 0.15) is 5.75 Å². The largest absolute Gasteiger partial charge is 0.491 e. The highest BCUT2D eigenvalue weighted by atomic mass is 127. The second-order valence-electron chi connectivity index (χ2n) is 9.63. The van der Waals surface area contributed by atoms with Crippen molar-refractivity contribution in [2.24, 2.45) is 4.99 Å². The number of piperidine rings is 2. The molecule has 0 atom stereocenters. The maximum Gasteiger partial charge on any atom is 0.191 e. The van der Waals surface area contributed by atoms with Crippen LogP contribution >= 0.6 is 24.0 Å². The van der Waals surface area contributed by atoms with Gasteiger partial charge in [0.25, 0.3) is 0 Å². The summed E-state index contributed by atoms with van der Waals surface area (Å²) in [5, 5.41) is 7.19. The number of likely N-dealkylation sites (tertiary alicyclic amines) is 2. The molecule has 3 rings (SSSR count). The maximum absolute atomic E-state index is 6.04. The molecule has 32 heavy (non-hydrogen) atoms. The molecule has 0 amide bonds. The van der Waals surface area contributed by atoms with Gasteiger partial charge >= 0.3 is 0 Å². The number of ether oxygens (including phenoxy) is 1. The molecule has 0 unspecified atom stereocenters. The van der Waals surface area contributed by atoms with Crippen molar-refractivity contribution in [2.45, 2.75) is 71.1 Å². The lowest BCUT2D eigenvalue weighted by Gasteiger charge is -2.50. The average molecular weight is 558 g/mol. The fourth-order valence-corrected chi connectivity index (χ4v) is 4.83. The lowest BCUT2D eigenvalue weighted by atomic mass is 9.84. The monoisotopic (exact) mass is 557 g/mol. The minimum atomic E-state index is 0. The zero-order chi connectivity index (χ0) is 22.3. The zero-order valence-electron chi connectivity index (χ0n) is 20.7. The maximum atomic E-state index is 6.04. The molecule has 6 nitrogen and oxygen atoms in total. The summed E-state index contributed by atoms with van der Waals surface area (Å²) in [6.45, 7) is 12.7. The number of aliphatic imine (C=N–C) groups is 1. The van der Waals surface area contributed by atoms with Gasteiger partial charge in [0, 0.05) is 31.2 Å².